The lowest BCUT2D eigenvalue weighted by molar-refractivity contribution is -0.147. The van der Waals surface area contributed by atoms with Gasteiger partial charge in [0, 0.05) is 12.1 Å². The molecule has 0 saturated carbocycles. The topological polar surface area (TPSA) is 75.7 Å². The predicted molar refractivity (Wildman–Crippen MR) is 109 cm³/mol. The predicted octanol–water partition coefficient (Wildman–Crippen LogP) is 3.09. The highest BCUT2D eigenvalue weighted by Gasteiger charge is 2.39. The first-order valence-corrected chi connectivity index (χ1v) is 9.80. The molecule has 1 heterocycles. The molecule has 1 N–H and O–H groups in total. The van der Waals surface area contributed by atoms with Crippen LogP contribution in [-0.2, 0) is 20.9 Å². The van der Waals surface area contributed by atoms with Crippen molar-refractivity contribution in [2.75, 3.05) is 7.11 Å². The van der Waals surface area contributed by atoms with Crippen molar-refractivity contribution in [3.8, 4) is 0 Å². The van der Waals surface area contributed by atoms with Crippen molar-refractivity contribution >= 4 is 17.8 Å². The largest absolute Gasteiger partial charge is 0.467 e. The molecule has 6 heteroatoms. The Morgan fingerprint density at radius 3 is 2.38 bits per heavy atom. The van der Waals surface area contributed by atoms with Crippen LogP contribution in [0.3, 0.4) is 0 Å². The molecule has 2 aromatic carbocycles. The van der Waals surface area contributed by atoms with Crippen LogP contribution < -0.4 is 5.32 Å². The number of carbonyl (C=O) groups is 3. The SMILES string of the molecule is CC[C@@H](C)[C@@H](NC(=O)[C@H](c1ccccc1)N1Cc2ccccc2C1=O)C(=O)OC. The van der Waals surface area contributed by atoms with Gasteiger partial charge in [-0.25, -0.2) is 4.79 Å². The number of ether oxygens (including phenoxy) is 1. The van der Waals surface area contributed by atoms with Gasteiger partial charge in [0.2, 0.25) is 5.91 Å². The molecule has 0 unspecified atom stereocenters. The Morgan fingerprint density at radius 2 is 1.76 bits per heavy atom. The zero-order valence-electron chi connectivity index (χ0n) is 16.9. The van der Waals surface area contributed by atoms with E-state index in [1.807, 2.05) is 62.4 Å². The molecular weight excluding hydrogens is 368 g/mol. The number of fused-ring (bicyclic) bond motifs is 1. The van der Waals surface area contributed by atoms with Gasteiger partial charge in [0.15, 0.2) is 0 Å². The molecule has 0 fully saturated rings. The van der Waals surface area contributed by atoms with Crippen molar-refractivity contribution in [2.45, 2.75) is 38.9 Å². The quantitative estimate of drug-likeness (QED) is 0.733. The summed E-state index contributed by atoms with van der Waals surface area (Å²) < 4.78 is 4.88. The molecule has 1 aliphatic heterocycles. The van der Waals surface area contributed by atoms with E-state index in [1.165, 1.54) is 7.11 Å². The monoisotopic (exact) mass is 394 g/mol. The first-order valence-electron chi connectivity index (χ1n) is 9.80. The van der Waals surface area contributed by atoms with Crippen LogP contribution in [0.15, 0.2) is 54.6 Å². The summed E-state index contributed by atoms with van der Waals surface area (Å²) in [4.78, 5) is 40.2. The van der Waals surface area contributed by atoms with Crippen molar-refractivity contribution in [3.63, 3.8) is 0 Å². The first-order chi connectivity index (χ1) is 14.0. The van der Waals surface area contributed by atoms with Crippen LogP contribution in [0.1, 0.15) is 47.8 Å². The average molecular weight is 394 g/mol. The Bertz CT molecular complexity index is 897. The average Bonchev–Trinajstić information content (AvgIpc) is 3.08. The van der Waals surface area contributed by atoms with Crippen LogP contribution in [0.25, 0.3) is 0 Å². The molecule has 3 rings (SSSR count). The Morgan fingerprint density at radius 1 is 1.10 bits per heavy atom. The van der Waals surface area contributed by atoms with Crippen molar-refractivity contribution in [1.29, 1.82) is 0 Å². The first kappa shape index (κ1) is 20.6. The highest BCUT2D eigenvalue weighted by molar-refractivity contribution is 6.01. The fraction of sp³-hybridized carbons (Fsp3) is 0.348. The van der Waals surface area contributed by atoms with Gasteiger partial charge in [0.05, 0.1) is 7.11 Å². The summed E-state index contributed by atoms with van der Waals surface area (Å²) in [6.07, 6.45) is 0.699. The standard InChI is InChI=1S/C23H26N2O4/c1-4-15(2)19(23(28)29-3)24-21(26)20(16-10-6-5-7-11-16)25-14-17-12-8-9-13-18(17)22(25)27/h5-13,15,19-20H,4,14H2,1-3H3,(H,24,26)/t15-,19-,20+/m1/s1. The Hall–Kier alpha value is -3.15. The molecule has 3 atom stereocenters. The smallest absolute Gasteiger partial charge is 0.328 e. The number of carbonyl (C=O) groups excluding carboxylic acids is 3. The number of hydrogen-bond donors (Lipinski definition) is 1. The van der Waals surface area contributed by atoms with Gasteiger partial charge in [-0.3, -0.25) is 9.59 Å². The normalized spacial score (nSPS) is 16.0. The van der Waals surface area contributed by atoms with E-state index in [1.54, 1.807) is 11.0 Å². The molecule has 6 nitrogen and oxygen atoms in total. The van der Waals surface area contributed by atoms with E-state index in [2.05, 4.69) is 5.32 Å². The van der Waals surface area contributed by atoms with Gasteiger partial charge < -0.3 is 15.0 Å². The molecule has 0 bridgehead atoms. The number of esters is 1. The van der Waals surface area contributed by atoms with E-state index in [9.17, 15) is 14.4 Å². The number of methoxy groups -OCH3 is 1. The molecule has 0 radical (unpaired) electrons. The Kier molecular flexibility index (Phi) is 6.32. The third kappa shape index (κ3) is 4.16. The van der Waals surface area contributed by atoms with Crippen LogP contribution in [0, 0.1) is 5.92 Å². The minimum Gasteiger partial charge on any atom is -0.467 e. The lowest BCUT2D eigenvalue weighted by Gasteiger charge is -2.30. The van der Waals surface area contributed by atoms with Gasteiger partial charge in [0.1, 0.15) is 12.1 Å². The maximum absolute atomic E-state index is 13.4. The second-order valence-electron chi connectivity index (χ2n) is 7.30. The summed E-state index contributed by atoms with van der Waals surface area (Å²) in [5.41, 5.74) is 2.18. The lowest BCUT2D eigenvalue weighted by Crippen LogP contribution is -2.50. The van der Waals surface area contributed by atoms with Crippen molar-refractivity contribution in [1.82, 2.24) is 10.2 Å². The van der Waals surface area contributed by atoms with Crippen LogP contribution in [0.4, 0.5) is 0 Å². The van der Waals surface area contributed by atoms with Crippen LogP contribution in [0.5, 0.6) is 0 Å². The number of nitrogens with one attached hydrogen (secondary N) is 1. The summed E-state index contributed by atoms with van der Waals surface area (Å²) in [6.45, 7) is 4.17. The summed E-state index contributed by atoms with van der Waals surface area (Å²) in [6, 6.07) is 14.9. The number of rotatable bonds is 7. The Balaban J connectivity index is 1.94. The summed E-state index contributed by atoms with van der Waals surface area (Å²) in [7, 11) is 1.30. The van der Waals surface area contributed by atoms with E-state index in [0.29, 0.717) is 24.1 Å². The maximum Gasteiger partial charge on any atom is 0.328 e. The molecule has 2 amide bonds. The fourth-order valence-electron chi connectivity index (χ4n) is 3.62. The summed E-state index contributed by atoms with van der Waals surface area (Å²) in [5.74, 6) is -1.18. The fourth-order valence-corrected chi connectivity index (χ4v) is 3.62. The van der Waals surface area contributed by atoms with Gasteiger partial charge in [-0.1, -0.05) is 68.8 Å². The molecule has 0 aromatic heterocycles. The molecule has 29 heavy (non-hydrogen) atoms. The van der Waals surface area contributed by atoms with Crippen LogP contribution in [-0.4, -0.2) is 35.8 Å². The summed E-state index contributed by atoms with van der Waals surface area (Å²) >= 11 is 0. The zero-order valence-corrected chi connectivity index (χ0v) is 16.9. The summed E-state index contributed by atoms with van der Waals surface area (Å²) in [5, 5.41) is 2.83. The highest BCUT2D eigenvalue weighted by atomic mass is 16.5. The van der Waals surface area contributed by atoms with E-state index >= 15 is 0 Å². The van der Waals surface area contributed by atoms with Gasteiger partial charge in [-0.2, -0.15) is 0 Å². The minimum atomic E-state index is -0.840. The molecule has 0 aliphatic carbocycles. The van der Waals surface area contributed by atoms with Gasteiger partial charge in [-0.05, 0) is 23.1 Å². The third-order valence-electron chi connectivity index (χ3n) is 5.49. The van der Waals surface area contributed by atoms with E-state index < -0.39 is 24.0 Å². The molecule has 0 saturated heterocycles. The number of hydrogen-bond acceptors (Lipinski definition) is 4. The third-order valence-corrected chi connectivity index (χ3v) is 5.49. The lowest BCUT2D eigenvalue weighted by atomic mass is 9.97. The van der Waals surface area contributed by atoms with E-state index in [4.69, 9.17) is 4.74 Å². The molecule has 2 aromatic rings. The number of nitrogens with zero attached hydrogens (tertiary/aromatic N) is 1. The molecular formula is C23H26N2O4. The van der Waals surface area contributed by atoms with Gasteiger partial charge in [-0.15, -0.1) is 0 Å². The van der Waals surface area contributed by atoms with Crippen molar-refractivity contribution < 1.29 is 19.1 Å². The molecule has 0 spiro atoms. The van der Waals surface area contributed by atoms with E-state index in [0.717, 1.165) is 5.56 Å². The Labute approximate surface area is 170 Å². The second-order valence-corrected chi connectivity index (χ2v) is 7.30. The maximum atomic E-state index is 13.4. The highest BCUT2D eigenvalue weighted by Crippen LogP contribution is 2.32. The van der Waals surface area contributed by atoms with Crippen LogP contribution in [0.2, 0.25) is 0 Å². The zero-order chi connectivity index (χ0) is 21.0. The van der Waals surface area contributed by atoms with Crippen molar-refractivity contribution in [2.24, 2.45) is 5.92 Å². The molecule has 1 aliphatic rings. The van der Waals surface area contributed by atoms with Gasteiger partial charge in [0.25, 0.3) is 5.91 Å². The molecule has 152 valence electrons. The van der Waals surface area contributed by atoms with E-state index in [-0.39, 0.29) is 11.8 Å². The van der Waals surface area contributed by atoms with Crippen LogP contribution >= 0.6 is 0 Å². The number of benzene rings is 2. The van der Waals surface area contributed by atoms with Gasteiger partial charge >= 0.3 is 5.97 Å². The second kappa shape index (κ2) is 8.90. The number of amides is 2. The minimum absolute atomic E-state index is 0.102. The van der Waals surface area contributed by atoms with Crippen molar-refractivity contribution in [3.05, 3.63) is 71.3 Å².